The molecule has 5 N–H and O–H groups in total. The predicted molar refractivity (Wildman–Crippen MR) is 60.3 cm³/mol. The van der Waals surface area contributed by atoms with E-state index in [-0.39, 0.29) is 12.4 Å². The maximum Gasteiger partial charge on any atom is 0.328 e. The first kappa shape index (κ1) is 16.9. The molecule has 8 heteroatoms. The number of aliphatic hydroxyl groups is 1. The Morgan fingerprint density at radius 3 is 2.40 bits per heavy atom. The molecule has 0 aliphatic rings. The van der Waals surface area contributed by atoms with Crippen LogP contribution in [0.2, 0.25) is 0 Å². The first-order chi connectivity index (χ1) is 6.52. The SMILES string of the molecule is CSCC(N)C(=O)NC(CO)C(=O)O.Cl. The minimum atomic E-state index is -1.28. The van der Waals surface area contributed by atoms with Gasteiger partial charge in [0.15, 0.2) is 0 Å². The van der Waals surface area contributed by atoms with Gasteiger partial charge in [0.2, 0.25) is 5.91 Å². The minimum Gasteiger partial charge on any atom is -0.480 e. The Morgan fingerprint density at radius 2 is 2.07 bits per heavy atom. The van der Waals surface area contributed by atoms with Crippen molar-refractivity contribution in [2.45, 2.75) is 12.1 Å². The van der Waals surface area contributed by atoms with Crippen molar-refractivity contribution >= 4 is 36.0 Å². The molecule has 0 fully saturated rings. The topological polar surface area (TPSA) is 113 Å². The smallest absolute Gasteiger partial charge is 0.328 e. The van der Waals surface area contributed by atoms with Crippen LogP contribution in [0, 0.1) is 0 Å². The lowest BCUT2D eigenvalue weighted by Gasteiger charge is -2.15. The molecule has 2 atom stereocenters. The summed E-state index contributed by atoms with van der Waals surface area (Å²) in [5.74, 6) is -1.44. The number of hydrogen-bond acceptors (Lipinski definition) is 5. The van der Waals surface area contributed by atoms with Crippen molar-refractivity contribution in [3.8, 4) is 0 Å². The Balaban J connectivity index is 0. The minimum absolute atomic E-state index is 0. The van der Waals surface area contributed by atoms with E-state index in [2.05, 4.69) is 5.32 Å². The number of nitrogens with two attached hydrogens (primary N) is 1. The lowest BCUT2D eigenvalue weighted by Crippen LogP contribution is -2.50. The predicted octanol–water partition coefficient (Wildman–Crippen LogP) is -1.34. The van der Waals surface area contributed by atoms with E-state index < -0.39 is 30.6 Å². The van der Waals surface area contributed by atoms with Crippen molar-refractivity contribution in [2.24, 2.45) is 5.73 Å². The first-order valence-corrected chi connectivity index (χ1v) is 5.30. The molecule has 0 aromatic carbocycles. The summed E-state index contributed by atoms with van der Waals surface area (Å²) in [4.78, 5) is 21.6. The highest BCUT2D eigenvalue weighted by Gasteiger charge is 2.21. The second-order valence-corrected chi connectivity index (χ2v) is 3.55. The third-order valence-electron chi connectivity index (χ3n) is 1.48. The Labute approximate surface area is 98.0 Å². The lowest BCUT2D eigenvalue weighted by molar-refractivity contribution is -0.143. The summed E-state index contributed by atoms with van der Waals surface area (Å²) in [5.41, 5.74) is 5.42. The molecule has 6 nitrogen and oxygen atoms in total. The molecule has 0 saturated carbocycles. The zero-order chi connectivity index (χ0) is 11.1. The number of amides is 1. The van der Waals surface area contributed by atoms with Crippen LogP contribution in [0.3, 0.4) is 0 Å². The van der Waals surface area contributed by atoms with Crippen LogP contribution in [0.5, 0.6) is 0 Å². The highest BCUT2D eigenvalue weighted by molar-refractivity contribution is 7.98. The van der Waals surface area contributed by atoms with Gasteiger partial charge in [0.25, 0.3) is 0 Å². The summed E-state index contributed by atoms with van der Waals surface area (Å²) >= 11 is 1.39. The van der Waals surface area contributed by atoms with Gasteiger partial charge in [0.1, 0.15) is 6.04 Å². The van der Waals surface area contributed by atoms with E-state index in [1.54, 1.807) is 6.26 Å². The van der Waals surface area contributed by atoms with Crippen molar-refractivity contribution in [2.75, 3.05) is 18.6 Å². The zero-order valence-corrected chi connectivity index (χ0v) is 9.81. The van der Waals surface area contributed by atoms with Gasteiger partial charge in [-0.25, -0.2) is 4.79 Å². The number of nitrogens with one attached hydrogen (secondary N) is 1. The second-order valence-electron chi connectivity index (χ2n) is 2.64. The molecule has 0 saturated heterocycles. The van der Waals surface area contributed by atoms with Crippen LogP contribution in [-0.4, -0.2) is 52.8 Å². The summed E-state index contributed by atoms with van der Waals surface area (Å²) in [6, 6.07) is -2.03. The molecular weight excluding hydrogens is 244 g/mol. The van der Waals surface area contributed by atoms with Gasteiger partial charge in [0.05, 0.1) is 12.6 Å². The largest absolute Gasteiger partial charge is 0.480 e. The lowest BCUT2D eigenvalue weighted by atomic mass is 10.2. The standard InChI is InChI=1S/C7H14N2O4S.ClH/c1-14-3-4(8)6(11)9-5(2-10)7(12)13;/h4-5,10H,2-3,8H2,1H3,(H,9,11)(H,12,13);1H. The van der Waals surface area contributed by atoms with Gasteiger partial charge in [0, 0.05) is 5.75 Å². The molecule has 0 aliphatic heterocycles. The molecule has 90 valence electrons. The fourth-order valence-corrected chi connectivity index (χ4v) is 1.23. The summed E-state index contributed by atoms with van der Waals surface area (Å²) in [6.07, 6.45) is 1.79. The van der Waals surface area contributed by atoms with E-state index in [1.807, 2.05) is 0 Å². The zero-order valence-electron chi connectivity index (χ0n) is 8.17. The monoisotopic (exact) mass is 258 g/mol. The summed E-state index contributed by atoms with van der Waals surface area (Å²) in [5, 5.41) is 19.3. The van der Waals surface area contributed by atoms with E-state index in [4.69, 9.17) is 15.9 Å². The average Bonchev–Trinajstić information content (AvgIpc) is 2.13. The molecule has 0 aromatic heterocycles. The number of hydrogen-bond donors (Lipinski definition) is 4. The van der Waals surface area contributed by atoms with Crippen molar-refractivity contribution < 1.29 is 19.8 Å². The molecule has 0 aliphatic carbocycles. The van der Waals surface area contributed by atoms with E-state index in [0.29, 0.717) is 5.75 Å². The number of aliphatic hydroxyl groups excluding tert-OH is 1. The Hall–Kier alpha value is -0.500. The summed E-state index contributed by atoms with van der Waals surface area (Å²) in [7, 11) is 0. The number of carbonyl (C=O) groups excluding carboxylic acids is 1. The highest BCUT2D eigenvalue weighted by atomic mass is 35.5. The number of thioether (sulfide) groups is 1. The van der Waals surface area contributed by atoms with E-state index in [9.17, 15) is 9.59 Å². The van der Waals surface area contributed by atoms with Gasteiger partial charge < -0.3 is 21.3 Å². The van der Waals surface area contributed by atoms with Crippen LogP contribution in [0.4, 0.5) is 0 Å². The first-order valence-electron chi connectivity index (χ1n) is 3.91. The van der Waals surface area contributed by atoms with Crippen LogP contribution in [0.1, 0.15) is 0 Å². The van der Waals surface area contributed by atoms with E-state index >= 15 is 0 Å². The number of aliphatic carboxylic acids is 1. The van der Waals surface area contributed by atoms with Gasteiger partial charge >= 0.3 is 5.97 Å². The van der Waals surface area contributed by atoms with Crippen LogP contribution in [0.15, 0.2) is 0 Å². The second kappa shape index (κ2) is 8.78. The van der Waals surface area contributed by atoms with Gasteiger partial charge in [-0.15, -0.1) is 12.4 Å². The molecule has 1 amide bonds. The molecule has 15 heavy (non-hydrogen) atoms. The molecule has 0 heterocycles. The van der Waals surface area contributed by atoms with Crippen molar-refractivity contribution in [3.05, 3.63) is 0 Å². The fourth-order valence-electron chi connectivity index (χ4n) is 0.719. The number of carboxylic acids is 1. The van der Waals surface area contributed by atoms with Crippen molar-refractivity contribution in [3.63, 3.8) is 0 Å². The number of rotatable bonds is 6. The number of carbonyl (C=O) groups is 2. The molecule has 2 unspecified atom stereocenters. The quantitative estimate of drug-likeness (QED) is 0.469. The third-order valence-corrected chi connectivity index (χ3v) is 2.17. The van der Waals surface area contributed by atoms with Crippen molar-refractivity contribution in [1.29, 1.82) is 0 Å². The van der Waals surface area contributed by atoms with Gasteiger partial charge in [-0.2, -0.15) is 11.8 Å². The maximum atomic E-state index is 11.2. The Bertz CT molecular complexity index is 217. The third kappa shape index (κ3) is 6.56. The highest BCUT2D eigenvalue weighted by Crippen LogP contribution is 1.95. The number of carboxylic acid groups (broad SMARTS) is 1. The molecule has 0 bridgehead atoms. The maximum absolute atomic E-state index is 11.2. The molecule has 0 spiro atoms. The number of halogens is 1. The van der Waals surface area contributed by atoms with Crippen LogP contribution < -0.4 is 11.1 Å². The summed E-state index contributed by atoms with van der Waals surface area (Å²) < 4.78 is 0. The molecule has 0 radical (unpaired) electrons. The Kier molecular flexibility index (Phi) is 9.90. The molecule has 0 rings (SSSR count). The van der Waals surface area contributed by atoms with E-state index in [1.165, 1.54) is 11.8 Å². The van der Waals surface area contributed by atoms with Crippen LogP contribution in [-0.2, 0) is 9.59 Å². The van der Waals surface area contributed by atoms with Gasteiger partial charge in [-0.3, -0.25) is 4.79 Å². The average molecular weight is 259 g/mol. The fraction of sp³-hybridized carbons (Fsp3) is 0.714. The summed E-state index contributed by atoms with van der Waals surface area (Å²) in [6.45, 7) is -0.646. The molecule has 0 aromatic rings. The molecular formula is C7H15ClN2O4S. The van der Waals surface area contributed by atoms with Crippen molar-refractivity contribution in [1.82, 2.24) is 5.32 Å². The van der Waals surface area contributed by atoms with Gasteiger partial charge in [-0.1, -0.05) is 0 Å². The van der Waals surface area contributed by atoms with Gasteiger partial charge in [-0.05, 0) is 6.26 Å². The van der Waals surface area contributed by atoms with Crippen LogP contribution in [0.25, 0.3) is 0 Å². The normalized spacial score (nSPS) is 13.5. The Morgan fingerprint density at radius 1 is 1.53 bits per heavy atom. The van der Waals surface area contributed by atoms with Crippen LogP contribution >= 0.6 is 24.2 Å². The van der Waals surface area contributed by atoms with E-state index in [0.717, 1.165) is 0 Å².